The van der Waals surface area contributed by atoms with E-state index in [0.29, 0.717) is 25.2 Å². The van der Waals surface area contributed by atoms with Crippen molar-refractivity contribution in [2.24, 2.45) is 5.73 Å². The largest absolute Gasteiger partial charge is 0.444 e. The van der Waals surface area contributed by atoms with Gasteiger partial charge in [-0.1, -0.05) is 35.3 Å². The first kappa shape index (κ1) is 23.7. The van der Waals surface area contributed by atoms with E-state index in [-0.39, 0.29) is 33.6 Å². The highest BCUT2D eigenvalue weighted by Crippen LogP contribution is 2.34. The number of nitrogens with zero attached hydrogens (tertiary/aromatic N) is 3. The van der Waals surface area contributed by atoms with Crippen LogP contribution in [0.4, 0.5) is 9.18 Å². The summed E-state index contributed by atoms with van der Waals surface area (Å²) < 4.78 is 19.6. The Bertz CT molecular complexity index is 967. The van der Waals surface area contributed by atoms with Crippen molar-refractivity contribution in [1.82, 2.24) is 14.8 Å². The summed E-state index contributed by atoms with van der Waals surface area (Å²) in [5, 5.41) is 0.428. The van der Waals surface area contributed by atoms with Gasteiger partial charge in [-0.2, -0.15) is 0 Å². The number of piperazine rings is 1. The van der Waals surface area contributed by atoms with Crippen LogP contribution >= 0.6 is 23.2 Å². The number of hydrogen-bond acceptors (Lipinski definition) is 5. The van der Waals surface area contributed by atoms with Gasteiger partial charge >= 0.3 is 6.09 Å². The lowest BCUT2D eigenvalue weighted by Gasteiger charge is -2.43. The van der Waals surface area contributed by atoms with Crippen LogP contribution in [0.1, 0.15) is 39.4 Å². The Morgan fingerprint density at radius 2 is 1.97 bits per heavy atom. The Morgan fingerprint density at radius 1 is 1.29 bits per heavy atom. The highest BCUT2D eigenvalue weighted by molar-refractivity contribution is 6.34. The zero-order chi connectivity index (χ0) is 22.9. The third kappa shape index (κ3) is 5.47. The molecule has 31 heavy (non-hydrogen) atoms. The van der Waals surface area contributed by atoms with Gasteiger partial charge in [0.25, 0.3) is 0 Å². The maximum atomic E-state index is 14.2. The summed E-state index contributed by atoms with van der Waals surface area (Å²) >= 11 is 12.9. The molecule has 2 aromatic rings. The summed E-state index contributed by atoms with van der Waals surface area (Å²) in [6, 6.07) is 7.82. The quantitative estimate of drug-likeness (QED) is 0.634. The fraction of sp³-hybridized carbons (Fsp3) is 0.455. The van der Waals surface area contributed by atoms with Gasteiger partial charge in [0.15, 0.2) is 0 Å². The van der Waals surface area contributed by atoms with Crippen molar-refractivity contribution in [3.05, 3.63) is 51.9 Å². The van der Waals surface area contributed by atoms with E-state index in [2.05, 4.69) is 4.98 Å². The Hall–Kier alpha value is -1.93. The molecule has 2 atom stereocenters. The molecule has 2 N–H and O–H groups in total. The lowest BCUT2D eigenvalue weighted by Crippen LogP contribution is -2.56. The van der Waals surface area contributed by atoms with Crippen LogP contribution in [0.5, 0.6) is 0 Å². The van der Waals surface area contributed by atoms with E-state index in [1.54, 1.807) is 29.2 Å². The summed E-state index contributed by atoms with van der Waals surface area (Å²) in [5.74, 6) is -0.433. The van der Waals surface area contributed by atoms with Crippen LogP contribution in [0.3, 0.4) is 0 Å². The second kappa shape index (κ2) is 9.28. The summed E-state index contributed by atoms with van der Waals surface area (Å²) in [4.78, 5) is 20.4. The smallest absolute Gasteiger partial charge is 0.410 e. The molecule has 1 unspecified atom stereocenters. The minimum atomic E-state index is -0.581. The van der Waals surface area contributed by atoms with Gasteiger partial charge in [-0.05, 0) is 45.9 Å². The van der Waals surface area contributed by atoms with E-state index in [0.717, 1.165) is 0 Å². The maximum absolute atomic E-state index is 14.2. The molecule has 3 rings (SSSR count). The fourth-order valence-electron chi connectivity index (χ4n) is 3.59. The number of halogens is 3. The second-order valence-corrected chi connectivity index (χ2v) is 9.40. The molecule has 9 heteroatoms. The van der Waals surface area contributed by atoms with Crippen LogP contribution in [0.25, 0.3) is 11.3 Å². The van der Waals surface area contributed by atoms with Gasteiger partial charge in [-0.15, -0.1) is 0 Å². The number of aromatic nitrogens is 1. The Morgan fingerprint density at radius 3 is 2.58 bits per heavy atom. The van der Waals surface area contributed by atoms with Gasteiger partial charge in [-0.3, -0.25) is 4.90 Å². The van der Waals surface area contributed by atoms with E-state index < -0.39 is 17.6 Å². The zero-order valence-electron chi connectivity index (χ0n) is 18.0. The molecule has 0 saturated carbocycles. The Labute approximate surface area is 192 Å². The summed E-state index contributed by atoms with van der Waals surface area (Å²) in [7, 11) is 0. The first-order valence-corrected chi connectivity index (χ1v) is 10.8. The summed E-state index contributed by atoms with van der Waals surface area (Å²) in [5.41, 5.74) is 7.04. The van der Waals surface area contributed by atoms with Crippen molar-refractivity contribution < 1.29 is 13.9 Å². The average molecular weight is 469 g/mol. The average Bonchev–Trinajstić information content (AvgIpc) is 2.68. The lowest BCUT2D eigenvalue weighted by atomic mass is 10.1. The van der Waals surface area contributed by atoms with Crippen LogP contribution < -0.4 is 5.73 Å². The number of hydrogen-bond donors (Lipinski definition) is 1. The number of ether oxygens (including phenoxy) is 1. The van der Waals surface area contributed by atoms with Gasteiger partial charge in [0, 0.05) is 36.8 Å². The fourth-order valence-corrected chi connectivity index (χ4v) is 4.10. The highest BCUT2D eigenvalue weighted by Gasteiger charge is 2.33. The number of pyridine rings is 1. The highest BCUT2D eigenvalue weighted by atomic mass is 35.5. The predicted octanol–water partition coefficient (Wildman–Crippen LogP) is 5.09. The molecule has 1 fully saturated rings. The molecule has 1 aromatic carbocycles. The zero-order valence-corrected chi connectivity index (χ0v) is 19.5. The number of nitrogens with two attached hydrogens (primary N) is 1. The van der Waals surface area contributed by atoms with E-state index >= 15 is 0 Å². The molecule has 1 aliphatic heterocycles. The number of carbonyl (C=O) groups excluding carboxylic acids is 1. The molecule has 1 aromatic heterocycles. The van der Waals surface area contributed by atoms with Crippen molar-refractivity contribution in [1.29, 1.82) is 0 Å². The molecular weight excluding hydrogens is 442 g/mol. The molecule has 6 nitrogen and oxygen atoms in total. The van der Waals surface area contributed by atoms with Crippen LogP contribution in [0, 0.1) is 5.82 Å². The van der Waals surface area contributed by atoms with Crippen molar-refractivity contribution in [3.63, 3.8) is 0 Å². The first-order valence-electron chi connectivity index (χ1n) is 10.1. The first-order chi connectivity index (χ1) is 14.5. The second-order valence-electron chi connectivity index (χ2n) is 8.64. The molecule has 0 bridgehead atoms. The Balaban J connectivity index is 1.78. The molecule has 0 aliphatic carbocycles. The number of carbonyl (C=O) groups is 1. The van der Waals surface area contributed by atoms with Gasteiger partial charge < -0.3 is 15.4 Å². The SMILES string of the molecule is C[C@H]1CN(C(=O)OC(C)(C)C)CCN1C(N)c1cc(Cl)c(-c2ccccc2F)nc1Cl. The molecule has 1 aliphatic rings. The van der Waals surface area contributed by atoms with Crippen LogP contribution in [0.2, 0.25) is 10.2 Å². The third-order valence-corrected chi connectivity index (χ3v) is 5.68. The molecule has 0 spiro atoms. The third-order valence-electron chi connectivity index (χ3n) is 5.09. The lowest BCUT2D eigenvalue weighted by molar-refractivity contribution is -0.00180. The number of amides is 1. The van der Waals surface area contributed by atoms with Gasteiger partial charge in [0.05, 0.1) is 16.9 Å². The monoisotopic (exact) mass is 468 g/mol. The predicted molar refractivity (Wildman–Crippen MR) is 121 cm³/mol. The molecule has 1 saturated heterocycles. The van der Waals surface area contributed by atoms with Crippen molar-refractivity contribution in [2.75, 3.05) is 19.6 Å². The standard InChI is InChI=1S/C22H27Cl2FN4O2/c1-13-12-28(21(30)31-22(2,3)4)9-10-29(13)20(26)15-11-16(23)18(27-19(15)24)14-7-5-6-8-17(14)25/h5-8,11,13,20H,9-10,12,26H2,1-4H3/t13-,20?/m0/s1. The maximum Gasteiger partial charge on any atom is 0.410 e. The topological polar surface area (TPSA) is 71.7 Å². The van der Waals surface area contributed by atoms with Gasteiger partial charge in [0.2, 0.25) is 0 Å². The van der Waals surface area contributed by atoms with Crippen molar-refractivity contribution in [3.8, 4) is 11.3 Å². The van der Waals surface area contributed by atoms with Crippen molar-refractivity contribution in [2.45, 2.75) is 45.5 Å². The van der Waals surface area contributed by atoms with Crippen LogP contribution in [0.15, 0.2) is 30.3 Å². The van der Waals surface area contributed by atoms with E-state index in [1.165, 1.54) is 6.07 Å². The van der Waals surface area contributed by atoms with Gasteiger partial charge in [-0.25, -0.2) is 14.2 Å². The summed E-state index contributed by atoms with van der Waals surface area (Å²) in [6.07, 6.45) is -0.924. The molecule has 1 amide bonds. The van der Waals surface area contributed by atoms with Gasteiger partial charge in [0.1, 0.15) is 16.6 Å². The molecule has 0 radical (unpaired) electrons. The van der Waals surface area contributed by atoms with E-state index in [1.807, 2.05) is 32.6 Å². The van der Waals surface area contributed by atoms with Crippen LogP contribution in [-0.4, -0.2) is 52.2 Å². The minimum Gasteiger partial charge on any atom is -0.444 e. The normalized spacial score (nSPS) is 18.7. The minimum absolute atomic E-state index is 0.0441. The number of benzene rings is 1. The number of rotatable bonds is 3. The summed E-state index contributed by atoms with van der Waals surface area (Å²) in [6.45, 7) is 8.96. The Kier molecular flexibility index (Phi) is 7.11. The van der Waals surface area contributed by atoms with Crippen molar-refractivity contribution >= 4 is 29.3 Å². The molecular formula is C22H27Cl2FN4O2. The van der Waals surface area contributed by atoms with Crippen LogP contribution in [-0.2, 0) is 4.74 Å². The molecule has 2 heterocycles. The van der Waals surface area contributed by atoms with E-state index in [4.69, 9.17) is 33.7 Å². The van der Waals surface area contributed by atoms with E-state index in [9.17, 15) is 9.18 Å². The molecule has 168 valence electrons.